The highest BCUT2D eigenvalue weighted by Crippen LogP contribution is 2.22. The Bertz CT molecular complexity index is 1290. The summed E-state index contributed by atoms with van der Waals surface area (Å²) in [4.78, 5) is 27.9. The molecule has 158 valence electrons. The Morgan fingerprint density at radius 2 is 1.65 bits per heavy atom. The quantitative estimate of drug-likeness (QED) is 0.440. The summed E-state index contributed by atoms with van der Waals surface area (Å²) in [5.74, 6) is -0.134. The van der Waals surface area contributed by atoms with Crippen LogP contribution in [0.25, 0.3) is 11.0 Å². The molecular formula is C24H25N5O2. The summed E-state index contributed by atoms with van der Waals surface area (Å²) < 4.78 is 1.67. The van der Waals surface area contributed by atoms with Gasteiger partial charge in [0.1, 0.15) is 5.65 Å². The first kappa shape index (κ1) is 20.4. The minimum Gasteiger partial charge on any atom is -0.356 e. The molecule has 4 aromatic rings. The van der Waals surface area contributed by atoms with Gasteiger partial charge in [-0.15, -0.1) is 0 Å². The number of aromatic nitrogens is 3. The highest BCUT2D eigenvalue weighted by atomic mass is 16.1. The Hall–Kier alpha value is -3.87. The number of carbonyl (C=O) groups excluding carboxylic acids is 1. The van der Waals surface area contributed by atoms with E-state index in [9.17, 15) is 9.59 Å². The van der Waals surface area contributed by atoms with Crippen molar-refractivity contribution in [1.29, 1.82) is 0 Å². The molecule has 4 rings (SSSR count). The van der Waals surface area contributed by atoms with Crippen molar-refractivity contribution in [2.75, 3.05) is 10.6 Å². The van der Waals surface area contributed by atoms with Crippen molar-refractivity contribution in [3.63, 3.8) is 0 Å². The van der Waals surface area contributed by atoms with Crippen molar-refractivity contribution in [3.8, 4) is 0 Å². The van der Waals surface area contributed by atoms with Gasteiger partial charge in [0, 0.05) is 41.5 Å². The van der Waals surface area contributed by atoms with E-state index >= 15 is 0 Å². The maximum absolute atomic E-state index is 12.5. The van der Waals surface area contributed by atoms with Crippen LogP contribution < -0.4 is 16.2 Å². The minimum absolute atomic E-state index is 0.134. The summed E-state index contributed by atoms with van der Waals surface area (Å²) in [6.07, 6.45) is 0.587. The van der Waals surface area contributed by atoms with E-state index in [4.69, 9.17) is 0 Å². The Kier molecular flexibility index (Phi) is 5.58. The van der Waals surface area contributed by atoms with Gasteiger partial charge in [-0.2, -0.15) is 5.10 Å². The van der Waals surface area contributed by atoms with Crippen molar-refractivity contribution in [1.82, 2.24) is 14.8 Å². The van der Waals surface area contributed by atoms with E-state index < -0.39 is 0 Å². The molecule has 0 saturated heterocycles. The second kappa shape index (κ2) is 8.47. The van der Waals surface area contributed by atoms with Gasteiger partial charge in [-0.05, 0) is 62.2 Å². The average molecular weight is 415 g/mol. The molecule has 0 aliphatic rings. The van der Waals surface area contributed by atoms with E-state index in [2.05, 4.69) is 20.7 Å². The van der Waals surface area contributed by atoms with Gasteiger partial charge in [-0.25, -0.2) is 0 Å². The van der Waals surface area contributed by atoms with Crippen LogP contribution >= 0.6 is 0 Å². The van der Waals surface area contributed by atoms with Crippen molar-refractivity contribution in [2.45, 2.75) is 26.7 Å². The molecule has 7 heteroatoms. The molecule has 0 aliphatic heterocycles. The number of anilines is 3. The minimum atomic E-state index is -0.169. The Balaban J connectivity index is 1.40. The summed E-state index contributed by atoms with van der Waals surface area (Å²) in [5.41, 5.74) is 5.56. The van der Waals surface area contributed by atoms with Crippen molar-refractivity contribution >= 4 is 34.0 Å². The van der Waals surface area contributed by atoms with E-state index in [-0.39, 0.29) is 17.9 Å². The van der Waals surface area contributed by atoms with Crippen LogP contribution in [0.15, 0.2) is 59.4 Å². The molecule has 2 heterocycles. The molecule has 0 unspecified atom stereocenters. The number of amides is 1. The number of pyridine rings is 1. The fraction of sp³-hybridized carbons (Fsp3) is 0.208. The van der Waals surface area contributed by atoms with Crippen LogP contribution in [-0.4, -0.2) is 20.7 Å². The molecule has 0 atom stereocenters. The first-order valence-electron chi connectivity index (χ1n) is 10.2. The lowest BCUT2D eigenvalue weighted by Crippen LogP contribution is -2.19. The number of benzene rings is 2. The first-order chi connectivity index (χ1) is 14.9. The van der Waals surface area contributed by atoms with Gasteiger partial charge in [0.2, 0.25) is 5.91 Å². The van der Waals surface area contributed by atoms with Crippen LogP contribution in [0.2, 0.25) is 0 Å². The number of H-pyrrole nitrogens is 1. The number of carbonyl (C=O) groups is 1. The largest absolute Gasteiger partial charge is 0.356 e. The van der Waals surface area contributed by atoms with Gasteiger partial charge >= 0.3 is 0 Å². The van der Waals surface area contributed by atoms with E-state index in [1.54, 1.807) is 11.7 Å². The summed E-state index contributed by atoms with van der Waals surface area (Å²) in [5, 5.41) is 11.5. The number of aryl methyl sites for hydroxylation is 3. The Morgan fingerprint density at radius 3 is 2.35 bits per heavy atom. The zero-order valence-corrected chi connectivity index (χ0v) is 17.8. The van der Waals surface area contributed by atoms with Crippen LogP contribution in [0.3, 0.4) is 0 Å². The molecule has 2 aromatic carbocycles. The molecule has 31 heavy (non-hydrogen) atoms. The van der Waals surface area contributed by atoms with Crippen LogP contribution in [-0.2, 0) is 18.3 Å². The highest BCUT2D eigenvalue weighted by Gasteiger charge is 2.16. The van der Waals surface area contributed by atoms with Crippen LogP contribution in [0.4, 0.5) is 17.1 Å². The van der Waals surface area contributed by atoms with E-state index in [1.165, 1.54) is 0 Å². The fourth-order valence-corrected chi connectivity index (χ4v) is 3.84. The standard InChI is InChI=1S/C24H25N5O2/c1-15-20(24(31)27-23-22(15)16(2)28-29(23)3)13-14-21(30)26-19-11-9-18(10-12-19)25-17-7-5-4-6-8-17/h4-12,25H,13-14H2,1-3H3,(H,26,30)(H,27,31). The topological polar surface area (TPSA) is 91.8 Å². The predicted molar refractivity (Wildman–Crippen MR) is 124 cm³/mol. The molecule has 0 saturated carbocycles. The van der Waals surface area contributed by atoms with Crippen molar-refractivity contribution in [2.24, 2.45) is 7.05 Å². The molecule has 2 aromatic heterocycles. The molecule has 7 nitrogen and oxygen atoms in total. The fourth-order valence-electron chi connectivity index (χ4n) is 3.84. The monoisotopic (exact) mass is 415 g/mol. The SMILES string of the molecule is Cc1nn(C)c2[nH]c(=O)c(CCC(=O)Nc3ccc(Nc4ccccc4)cc3)c(C)c12. The summed E-state index contributed by atoms with van der Waals surface area (Å²) in [6, 6.07) is 17.4. The smallest absolute Gasteiger partial charge is 0.253 e. The second-order valence-corrected chi connectivity index (χ2v) is 7.61. The number of aromatic amines is 1. The lowest BCUT2D eigenvalue weighted by Gasteiger charge is -2.10. The Labute approximate surface area is 180 Å². The lowest BCUT2D eigenvalue weighted by molar-refractivity contribution is -0.116. The van der Waals surface area contributed by atoms with Gasteiger partial charge in [-0.3, -0.25) is 14.3 Å². The number of fused-ring (bicyclic) bond motifs is 1. The maximum Gasteiger partial charge on any atom is 0.253 e. The third-order valence-electron chi connectivity index (χ3n) is 5.39. The molecule has 0 bridgehead atoms. The molecule has 0 fully saturated rings. The van der Waals surface area contributed by atoms with Gasteiger partial charge < -0.3 is 15.6 Å². The molecule has 3 N–H and O–H groups in total. The van der Waals surface area contributed by atoms with Crippen LogP contribution in [0, 0.1) is 13.8 Å². The molecular weight excluding hydrogens is 390 g/mol. The van der Waals surface area contributed by atoms with Gasteiger partial charge in [-0.1, -0.05) is 18.2 Å². The van der Waals surface area contributed by atoms with Gasteiger partial charge in [0.05, 0.1) is 5.69 Å². The lowest BCUT2D eigenvalue weighted by atomic mass is 10.0. The number of nitrogens with one attached hydrogen (secondary N) is 3. The maximum atomic E-state index is 12.5. The van der Waals surface area contributed by atoms with Crippen molar-refractivity contribution < 1.29 is 4.79 Å². The summed E-state index contributed by atoms with van der Waals surface area (Å²) in [6.45, 7) is 3.83. The number of para-hydroxylation sites is 1. The third kappa shape index (κ3) is 4.35. The first-order valence-corrected chi connectivity index (χ1v) is 10.2. The van der Waals surface area contributed by atoms with Crippen molar-refractivity contribution in [3.05, 3.63) is 81.8 Å². The van der Waals surface area contributed by atoms with Gasteiger partial charge in [0.25, 0.3) is 5.56 Å². The molecule has 0 spiro atoms. The summed E-state index contributed by atoms with van der Waals surface area (Å²) >= 11 is 0. The van der Waals surface area contributed by atoms with E-state index in [0.29, 0.717) is 23.3 Å². The number of hydrogen-bond donors (Lipinski definition) is 3. The molecule has 0 aliphatic carbocycles. The predicted octanol–water partition coefficient (Wildman–Crippen LogP) is 4.19. The Morgan fingerprint density at radius 1 is 1.00 bits per heavy atom. The van der Waals surface area contributed by atoms with E-state index in [0.717, 1.165) is 28.0 Å². The average Bonchev–Trinajstić information content (AvgIpc) is 3.03. The zero-order chi connectivity index (χ0) is 22.0. The third-order valence-corrected chi connectivity index (χ3v) is 5.39. The normalized spacial score (nSPS) is 10.9. The van der Waals surface area contributed by atoms with Gasteiger partial charge in [0.15, 0.2) is 0 Å². The summed E-state index contributed by atoms with van der Waals surface area (Å²) in [7, 11) is 1.80. The number of rotatable bonds is 6. The zero-order valence-electron chi connectivity index (χ0n) is 17.8. The van der Waals surface area contributed by atoms with E-state index in [1.807, 2.05) is 68.4 Å². The van der Waals surface area contributed by atoms with Crippen LogP contribution in [0.5, 0.6) is 0 Å². The molecule has 1 amide bonds. The van der Waals surface area contributed by atoms with Crippen LogP contribution in [0.1, 0.15) is 23.2 Å². The highest BCUT2D eigenvalue weighted by molar-refractivity contribution is 5.91. The number of nitrogens with zero attached hydrogens (tertiary/aromatic N) is 2. The second-order valence-electron chi connectivity index (χ2n) is 7.61. The molecule has 0 radical (unpaired) electrons. The number of hydrogen-bond acceptors (Lipinski definition) is 4.